The highest BCUT2D eigenvalue weighted by atomic mass is 16.2. The van der Waals surface area contributed by atoms with Crippen molar-refractivity contribution in [2.75, 3.05) is 5.01 Å². The molecule has 5 nitrogen and oxygen atoms in total. The lowest BCUT2D eigenvalue weighted by atomic mass is 10.0. The molecule has 1 unspecified atom stereocenters. The maximum absolute atomic E-state index is 12.5. The summed E-state index contributed by atoms with van der Waals surface area (Å²) in [5.41, 5.74) is 4.17. The third kappa shape index (κ3) is 2.35. The number of rotatable bonds is 4. The zero-order valence-electron chi connectivity index (χ0n) is 11.9. The van der Waals surface area contributed by atoms with Crippen molar-refractivity contribution < 1.29 is 9.59 Å². The molecule has 0 bridgehead atoms. The summed E-state index contributed by atoms with van der Waals surface area (Å²) >= 11 is 0. The predicted molar refractivity (Wildman–Crippen MR) is 80.4 cm³/mol. The van der Waals surface area contributed by atoms with E-state index in [0.29, 0.717) is 12.1 Å². The number of hydrogen-bond acceptors (Lipinski definition) is 3. The zero-order valence-corrected chi connectivity index (χ0v) is 11.9. The fourth-order valence-corrected chi connectivity index (χ4v) is 2.63. The Morgan fingerprint density at radius 3 is 2.86 bits per heavy atom. The van der Waals surface area contributed by atoms with Crippen LogP contribution in [0, 0.1) is 5.92 Å². The third-order valence-electron chi connectivity index (χ3n) is 3.77. The van der Waals surface area contributed by atoms with Crippen LogP contribution in [-0.4, -0.2) is 16.8 Å². The number of para-hydroxylation sites is 1. The van der Waals surface area contributed by atoms with Crippen LogP contribution in [0.1, 0.15) is 26.2 Å². The molecule has 1 aliphatic heterocycles. The number of carbonyl (C=O) groups is 2. The molecule has 21 heavy (non-hydrogen) atoms. The van der Waals surface area contributed by atoms with Crippen molar-refractivity contribution in [2.24, 2.45) is 5.92 Å². The average molecular weight is 283 g/mol. The first-order valence-electron chi connectivity index (χ1n) is 7.20. The molecule has 1 aromatic heterocycles. The number of nitrogens with zero attached hydrogens (tertiary/aromatic N) is 2. The molecule has 0 aliphatic carbocycles. The molecule has 5 heteroatoms. The van der Waals surface area contributed by atoms with Crippen LogP contribution in [0.5, 0.6) is 0 Å². The number of hydrazine groups is 1. The molecule has 2 heterocycles. The largest absolute Gasteiger partial charge is 0.272 e. The fourth-order valence-electron chi connectivity index (χ4n) is 2.63. The van der Waals surface area contributed by atoms with Gasteiger partial charge in [0.2, 0.25) is 0 Å². The van der Waals surface area contributed by atoms with Gasteiger partial charge in [0.15, 0.2) is 0 Å². The molecule has 3 rings (SSSR count). The minimum Gasteiger partial charge on any atom is -0.272 e. The third-order valence-corrected chi connectivity index (χ3v) is 3.77. The van der Waals surface area contributed by atoms with Gasteiger partial charge in [0.05, 0.1) is 11.2 Å². The Labute approximate surface area is 122 Å². The topological polar surface area (TPSA) is 62.3 Å². The molecule has 1 aliphatic rings. The number of carbonyl (C=O) groups excluding carboxylic acids is 2. The second kappa shape index (κ2) is 5.52. The van der Waals surface area contributed by atoms with Gasteiger partial charge in [-0.3, -0.25) is 20.0 Å². The molecule has 0 saturated carbocycles. The molecule has 0 radical (unpaired) electrons. The van der Waals surface area contributed by atoms with E-state index in [-0.39, 0.29) is 11.8 Å². The summed E-state index contributed by atoms with van der Waals surface area (Å²) in [5, 5.41) is 2.22. The number of anilines is 1. The number of amides is 2. The van der Waals surface area contributed by atoms with Crippen molar-refractivity contribution in [3.05, 3.63) is 36.5 Å². The average Bonchev–Trinajstić information content (AvgIpc) is 2.79. The van der Waals surface area contributed by atoms with Crippen molar-refractivity contribution in [1.82, 2.24) is 10.4 Å². The van der Waals surface area contributed by atoms with Crippen LogP contribution in [-0.2, 0) is 9.59 Å². The number of fused-ring (bicyclic) bond motifs is 1. The van der Waals surface area contributed by atoms with Gasteiger partial charge in [-0.2, -0.15) is 0 Å². The molecule has 1 fully saturated rings. The number of pyridine rings is 1. The van der Waals surface area contributed by atoms with Crippen molar-refractivity contribution in [3.8, 4) is 0 Å². The Hall–Kier alpha value is -2.43. The highest BCUT2D eigenvalue weighted by molar-refractivity contribution is 6.16. The maximum atomic E-state index is 12.5. The number of unbranched alkanes of at least 4 members (excludes halogenated alkanes) is 1. The van der Waals surface area contributed by atoms with Gasteiger partial charge in [0.25, 0.3) is 11.8 Å². The number of nitrogens with one attached hydrogen (secondary N) is 1. The Morgan fingerprint density at radius 2 is 2.05 bits per heavy atom. The molecular weight excluding hydrogens is 266 g/mol. The minimum absolute atomic E-state index is 0.176. The van der Waals surface area contributed by atoms with Crippen molar-refractivity contribution in [3.63, 3.8) is 0 Å². The van der Waals surface area contributed by atoms with E-state index in [1.165, 1.54) is 5.01 Å². The van der Waals surface area contributed by atoms with Gasteiger partial charge in [0.1, 0.15) is 5.92 Å². The van der Waals surface area contributed by atoms with Crippen LogP contribution in [0.15, 0.2) is 36.5 Å². The summed E-state index contributed by atoms with van der Waals surface area (Å²) in [6.45, 7) is 2.05. The highest BCUT2D eigenvalue weighted by Crippen LogP contribution is 2.28. The SMILES string of the molecule is CCCCC1C(=O)NN(c2ccnc3ccccc23)C1=O. The summed E-state index contributed by atoms with van der Waals surface area (Å²) in [7, 11) is 0. The quantitative estimate of drug-likeness (QED) is 0.876. The lowest BCUT2D eigenvalue weighted by Crippen LogP contribution is -2.36. The van der Waals surface area contributed by atoms with Crippen LogP contribution >= 0.6 is 0 Å². The first-order valence-corrected chi connectivity index (χ1v) is 7.20. The highest BCUT2D eigenvalue weighted by Gasteiger charge is 2.39. The molecule has 2 aromatic rings. The number of hydrogen-bond donors (Lipinski definition) is 1. The van der Waals surface area contributed by atoms with E-state index >= 15 is 0 Å². The van der Waals surface area contributed by atoms with Gasteiger partial charge in [-0.1, -0.05) is 38.0 Å². The first kappa shape index (κ1) is 13.5. The van der Waals surface area contributed by atoms with Crippen LogP contribution in [0.4, 0.5) is 5.69 Å². The van der Waals surface area contributed by atoms with Gasteiger partial charge in [-0.15, -0.1) is 0 Å². The Bertz CT molecular complexity index is 693. The molecule has 0 spiro atoms. The lowest BCUT2D eigenvalue weighted by Gasteiger charge is -2.17. The van der Waals surface area contributed by atoms with Gasteiger partial charge in [-0.05, 0) is 18.6 Å². The normalized spacial score (nSPS) is 18.3. The van der Waals surface area contributed by atoms with Crippen molar-refractivity contribution in [1.29, 1.82) is 0 Å². The minimum atomic E-state index is -0.572. The van der Waals surface area contributed by atoms with E-state index in [4.69, 9.17) is 0 Å². The summed E-state index contributed by atoms with van der Waals surface area (Å²) in [6.07, 6.45) is 4.08. The standard InChI is InChI=1S/C16H17N3O2/c1-2-3-6-12-15(20)18-19(16(12)21)14-9-10-17-13-8-5-4-7-11(13)14/h4-5,7-10,12H,2-3,6H2,1H3,(H,18,20). The molecular formula is C16H17N3O2. The Morgan fingerprint density at radius 1 is 1.24 bits per heavy atom. The molecule has 1 N–H and O–H groups in total. The summed E-state index contributed by atoms with van der Waals surface area (Å²) in [4.78, 5) is 28.8. The predicted octanol–water partition coefficient (Wildman–Crippen LogP) is 2.42. The van der Waals surface area contributed by atoms with E-state index in [9.17, 15) is 9.59 Å². The molecule has 1 aromatic carbocycles. The summed E-state index contributed by atoms with van der Waals surface area (Å²) < 4.78 is 0. The van der Waals surface area contributed by atoms with E-state index < -0.39 is 5.92 Å². The lowest BCUT2D eigenvalue weighted by molar-refractivity contribution is -0.127. The number of aromatic nitrogens is 1. The second-order valence-electron chi connectivity index (χ2n) is 5.19. The van der Waals surface area contributed by atoms with Gasteiger partial charge >= 0.3 is 0 Å². The molecule has 108 valence electrons. The van der Waals surface area contributed by atoms with Crippen LogP contribution in [0.2, 0.25) is 0 Å². The molecule has 1 saturated heterocycles. The van der Waals surface area contributed by atoms with Gasteiger partial charge in [0, 0.05) is 11.6 Å². The summed E-state index contributed by atoms with van der Waals surface area (Å²) in [6, 6.07) is 9.33. The first-order chi connectivity index (χ1) is 10.2. The maximum Gasteiger partial charge on any atom is 0.258 e. The van der Waals surface area contributed by atoms with Crippen molar-refractivity contribution >= 4 is 28.4 Å². The van der Waals surface area contributed by atoms with E-state index in [1.54, 1.807) is 12.3 Å². The zero-order chi connectivity index (χ0) is 14.8. The Balaban J connectivity index is 1.96. The fraction of sp³-hybridized carbons (Fsp3) is 0.312. The molecule has 2 amide bonds. The van der Waals surface area contributed by atoms with Crippen molar-refractivity contribution in [2.45, 2.75) is 26.2 Å². The number of benzene rings is 1. The second-order valence-corrected chi connectivity index (χ2v) is 5.19. The smallest absolute Gasteiger partial charge is 0.258 e. The summed E-state index contributed by atoms with van der Waals surface area (Å²) in [5.74, 6) is -0.962. The molecule has 1 atom stereocenters. The van der Waals surface area contributed by atoms with Crippen LogP contribution in [0.3, 0.4) is 0 Å². The van der Waals surface area contributed by atoms with E-state index in [2.05, 4.69) is 10.4 Å². The van der Waals surface area contributed by atoms with Gasteiger partial charge in [-0.25, -0.2) is 5.01 Å². The van der Waals surface area contributed by atoms with E-state index in [1.807, 2.05) is 31.2 Å². The Kier molecular flexibility index (Phi) is 3.56. The van der Waals surface area contributed by atoms with Crippen LogP contribution < -0.4 is 10.4 Å². The van der Waals surface area contributed by atoms with Crippen LogP contribution in [0.25, 0.3) is 10.9 Å². The van der Waals surface area contributed by atoms with E-state index in [0.717, 1.165) is 23.7 Å². The monoisotopic (exact) mass is 283 g/mol. The van der Waals surface area contributed by atoms with Gasteiger partial charge < -0.3 is 0 Å².